The highest BCUT2D eigenvalue weighted by atomic mass is 16.5. The standard InChI is InChI=1S/C18H25N5O2/c1-15(14-23-7-3-6-20-23)13-19-18(24)21-16-4-2-5-17(12-16)22-8-10-25-11-9-22/h2-7,12,15H,8-11,13-14H2,1H3,(H2,19,21,24)/t15-/m0/s1. The molecule has 1 fully saturated rings. The van der Waals surface area contributed by atoms with E-state index in [9.17, 15) is 4.79 Å². The minimum Gasteiger partial charge on any atom is -0.378 e. The second-order valence-electron chi connectivity index (χ2n) is 6.32. The first-order valence-corrected chi connectivity index (χ1v) is 8.66. The number of nitrogens with zero attached hydrogens (tertiary/aromatic N) is 3. The van der Waals surface area contributed by atoms with Crippen molar-refractivity contribution in [3.05, 3.63) is 42.7 Å². The largest absolute Gasteiger partial charge is 0.378 e. The predicted octanol–water partition coefficient (Wildman–Crippen LogP) is 2.18. The van der Waals surface area contributed by atoms with Crippen LogP contribution in [0.4, 0.5) is 16.2 Å². The maximum Gasteiger partial charge on any atom is 0.319 e. The Bertz CT molecular complexity index is 668. The maximum atomic E-state index is 12.1. The number of rotatable bonds is 6. The fourth-order valence-electron chi connectivity index (χ4n) is 2.84. The summed E-state index contributed by atoms with van der Waals surface area (Å²) in [5.41, 5.74) is 1.90. The van der Waals surface area contributed by atoms with Crippen LogP contribution in [0.1, 0.15) is 6.92 Å². The number of benzene rings is 1. The number of hydrogen-bond acceptors (Lipinski definition) is 4. The Hall–Kier alpha value is -2.54. The van der Waals surface area contributed by atoms with Crippen molar-refractivity contribution in [1.29, 1.82) is 0 Å². The number of nitrogens with one attached hydrogen (secondary N) is 2. The van der Waals surface area contributed by atoms with Gasteiger partial charge in [-0.1, -0.05) is 13.0 Å². The van der Waals surface area contributed by atoms with Crippen LogP contribution in [0.5, 0.6) is 0 Å². The molecule has 2 N–H and O–H groups in total. The molecule has 1 aromatic carbocycles. The summed E-state index contributed by atoms with van der Waals surface area (Å²) in [6.45, 7) is 6.69. The van der Waals surface area contributed by atoms with Crippen LogP contribution in [0, 0.1) is 5.92 Å². The third-order valence-electron chi connectivity index (χ3n) is 4.15. The molecule has 0 saturated carbocycles. The zero-order valence-electron chi connectivity index (χ0n) is 14.5. The lowest BCUT2D eigenvalue weighted by atomic mass is 10.2. The summed E-state index contributed by atoms with van der Waals surface area (Å²) in [7, 11) is 0. The molecule has 0 unspecified atom stereocenters. The lowest BCUT2D eigenvalue weighted by Crippen LogP contribution is -2.36. The molecule has 1 aromatic heterocycles. The number of anilines is 2. The highest BCUT2D eigenvalue weighted by molar-refractivity contribution is 5.89. The van der Waals surface area contributed by atoms with Crippen molar-refractivity contribution in [2.45, 2.75) is 13.5 Å². The summed E-state index contributed by atoms with van der Waals surface area (Å²) in [4.78, 5) is 14.4. The molecule has 0 aliphatic carbocycles. The Morgan fingerprint density at radius 3 is 2.92 bits per heavy atom. The molecule has 2 amide bonds. The van der Waals surface area contributed by atoms with Gasteiger partial charge in [0.2, 0.25) is 0 Å². The topological polar surface area (TPSA) is 71.4 Å². The van der Waals surface area contributed by atoms with Crippen molar-refractivity contribution < 1.29 is 9.53 Å². The zero-order chi connectivity index (χ0) is 17.5. The zero-order valence-corrected chi connectivity index (χ0v) is 14.5. The first kappa shape index (κ1) is 17.3. The van der Waals surface area contributed by atoms with Crippen LogP contribution in [-0.4, -0.2) is 48.7 Å². The number of hydrogen-bond donors (Lipinski definition) is 2. The summed E-state index contributed by atoms with van der Waals surface area (Å²) < 4.78 is 7.25. The van der Waals surface area contributed by atoms with Gasteiger partial charge in [-0.3, -0.25) is 4.68 Å². The van der Waals surface area contributed by atoms with Crippen LogP contribution in [0.2, 0.25) is 0 Å². The van der Waals surface area contributed by atoms with Crippen LogP contribution in [-0.2, 0) is 11.3 Å². The molecule has 25 heavy (non-hydrogen) atoms. The van der Waals surface area contributed by atoms with E-state index in [1.54, 1.807) is 6.20 Å². The SMILES string of the molecule is C[C@@H](CNC(=O)Nc1cccc(N2CCOCC2)c1)Cn1cccn1. The summed E-state index contributed by atoms with van der Waals surface area (Å²) in [6.07, 6.45) is 3.68. The Labute approximate surface area is 148 Å². The number of urea groups is 1. The monoisotopic (exact) mass is 343 g/mol. The van der Waals surface area contributed by atoms with Crippen LogP contribution in [0.25, 0.3) is 0 Å². The van der Waals surface area contributed by atoms with Gasteiger partial charge in [0.1, 0.15) is 0 Å². The number of amides is 2. The van der Waals surface area contributed by atoms with Gasteiger partial charge in [-0.05, 0) is 30.2 Å². The lowest BCUT2D eigenvalue weighted by Gasteiger charge is -2.29. The Kier molecular flexibility index (Phi) is 5.90. The van der Waals surface area contributed by atoms with E-state index >= 15 is 0 Å². The molecule has 2 heterocycles. The second-order valence-corrected chi connectivity index (χ2v) is 6.32. The van der Waals surface area contributed by atoms with Gasteiger partial charge < -0.3 is 20.3 Å². The second kappa shape index (κ2) is 8.53. The number of carbonyl (C=O) groups excluding carboxylic acids is 1. The van der Waals surface area contributed by atoms with Gasteiger partial charge in [0.25, 0.3) is 0 Å². The van der Waals surface area contributed by atoms with Gasteiger partial charge in [0, 0.05) is 49.9 Å². The van der Waals surface area contributed by atoms with Crippen LogP contribution >= 0.6 is 0 Å². The summed E-state index contributed by atoms with van der Waals surface area (Å²) in [5.74, 6) is 0.297. The van der Waals surface area contributed by atoms with Crippen LogP contribution in [0.3, 0.4) is 0 Å². The summed E-state index contributed by atoms with van der Waals surface area (Å²) in [5, 5.41) is 10.0. The number of ether oxygens (including phenoxy) is 1. The van der Waals surface area contributed by atoms with E-state index in [0.29, 0.717) is 12.5 Å². The first-order chi connectivity index (χ1) is 12.2. The van der Waals surface area contributed by atoms with E-state index in [1.807, 2.05) is 35.1 Å². The minimum atomic E-state index is -0.188. The van der Waals surface area contributed by atoms with Gasteiger partial charge in [-0.25, -0.2) is 4.79 Å². The van der Waals surface area contributed by atoms with Gasteiger partial charge in [-0.15, -0.1) is 0 Å². The van der Waals surface area contributed by atoms with Crippen molar-refractivity contribution in [1.82, 2.24) is 15.1 Å². The smallest absolute Gasteiger partial charge is 0.319 e. The molecular formula is C18H25N5O2. The Balaban J connectivity index is 1.47. The molecule has 0 radical (unpaired) electrons. The molecule has 1 aliphatic rings. The molecule has 3 rings (SSSR count). The molecule has 7 heteroatoms. The van der Waals surface area contributed by atoms with Crippen molar-refractivity contribution in [3.8, 4) is 0 Å². The van der Waals surface area contributed by atoms with Crippen molar-refractivity contribution in [2.75, 3.05) is 43.1 Å². The predicted molar refractivity (Wildman–Crippen MR) is 97.9 cm³/mol. The average molecular weight is 343 g/mol. The Morgan fingerprint density at radius 1 is 1.32 bits per heavy atom. The first-order valence-electron chi connectivity index (χ1n) is 8.66. The molecule has 1 saturated heterocycles. The number of morpholine rings is 1. The third-order valence-corrected chi connectivity index (χ3v) is 4.15. The lowest BCUT2D eigenvalue weighted by molar-refractivity contribution is 0.122. The van der Waals surface area contributed by atoms with Gasteiger partial charge in [-0.2, -0.15) is 5.10 Å². The average Bonchev–Trinajstić information content (AvgIpc) is 3.14. The minimum absolute atomic E-state index is 0.188. The molecule has 1 aliphatic heterocycles. The van der Waals surface area contributed by atoms with E-state index in [-0.39, 0.29) is 6.03 Å². The summed E-state index contributed by atoms with van der Waals surface area (Å²) >= 11 is 0. The summed E-state index contributed by atoms with van der Waals surface area (Å²) in [6, 6.07) is 9.62. The van der Waals surface area contributed by atoms with Crippen molar-refractivity contribution in [2.24, 2.45) is 5.92 Å². The molecule has 0 bridgehead atoms. The molecule has 1 atom stereocenters. The van der Waals surface area contributed by atoms with Crippen LogP contribution in [0.15, 0.2) is 42.7 Å². The van der Waals surface area contributed by atoms with E-state index in [2.05, 4.69) is 33.6 Å². The molecule has 2 aromatic rings. The normalized spacial score (nSPS) is 15.6. The van der Waals surface area contributed by atoms with Gasteiger partial charge in [0.05, 0.1) is 13.2 Å². The fraction of sp³-hybridized carbons (Fsp3) is 0.444. The molecule has 134 valence electrons. The Morgan fingerprint density at radius 2 is 2.16 bits per heavy atom. The van der Waals surface area contributed by atoms with Crippen molar-refractivity contribution >= 4 is 17.4 Å². The van der Waals surface area contributed by atoms with Gasteiger partial charge >= 0.3 is 6.03 Å². The fourth-order valence-corrected chi connectivity index (χ4v) is 2.84. The highest BCUT2D eigenvalue weighted by Crippen LogP contribution is 2.20. The molecule has 0 spiro atoms. The third kappa shape index (κ3) is 5.22. The maximum absolute atomic E-state index is 12.1. The van der Waals surface area contributed by atoms with E-state index in [1.165, 1.54) is 0 Å². The number of aromatic nitrogens is 2. The van der Waals surface area contributed by atoms with E-state index in [0.717, 1.165) is 44.2 Å². The molecular weight excluding hydrogens is 318 g/mol. The van der Waals surface area contributed by atoms with Crippen molar-refractivity contribution in [3.63, 3.8) is 0 Å². The highest BCUT2D eigenvalue weighted by Gasteiger charge is 2.12. The van der Waals surface area contributed by atoms with Crippen LogP contribution < -0.4 is 15.5 Å². The molecule has 7 nitrogen and oxygen atoms in total. The van der Waals surface area contributed by atoms with E-state index < -0.39 is 0 Å². The number of carbonyl (C=O) groups is 1. The van der Waals surface area contributed by atoms with Gasteiger partial charge in [0.15, 0.2) is 0 Å². The van der Waals surface area contributed by atoms with E-state index in [4.69, 9.17) is 4.74 Å². The quantitative estimate of drug-likeness (QED) is 0.843.